The number of methoxy groups -OCH3 is 1. The number of hydrogen-bond acceptors (Lipinski definition) is 7. The van der Waals surface area contributed by atoms with Gasteiger partial charge in [-0.1, -0.05) is 23.7 Å². The Kier molecular flexibility index (Phi) is 9.03. The lowest BCUT2D eigenvalue weighted by atomic mass is 10.1. The number of amides is 2. The van der Waals surface area contributed by atoms with E-state index in [1.54, 1.807) is 12.1 Å². The molecule has 11 heteroatoms. The Balaban J connectivity index is 1.74. The van der Waals surface area contributed by atoms with Crippen LogP contribution in [0, 0.1) is 35.3 Å². The number of nitriles is 1. The van der Waals surface area contributed by atoms with Gasteiger partial charge in [-0.15, -0.1) is 0 Å². The molecule has 0 saturated carbocycles. The highest BCUT2D eigenvalue weighted by Gasteiger charge is 2.16. The molecule has 38 heavy (non-hydrogen) atoms. The minimum absolute atomic E-state index is 0.0889. The minimum Gasteiger partial charge on any atom is -0.493 e. The molecule has 0 fully saturated rings. The van der Waals surface area contributed by atoms with E-state index >= 15 is 0 Å². The third-order valence-corrected chi connectivity index (χ3v) is 5.66. The van der Waals surface area contributed by atoms with Crippen LogP contribution in [0.1, 0.15) is 16.7 Å². The summed E-state index contributed by atoms with van der Waals surface area (Å²) < 4.78 is 10.9. The SMILES string of the molecule is COc1cc(/C=C(/C#N)C(=O)Nc2cccc([N+](=O)[O-])c2)cc(Cl)c1OCC(=O)Nc1ccc(C)c(C)c1. The molecule has 0 atom stereocenters. The molecular weight excluding hydrogens is 512 g/mol. The molecule has 0 aromatic heterocycles. The molecule has 0 bridgehead atoms. The van der Waals surface area contributed by atoms with Crippen molar-refractivity contribution in [2.24, 2.45) is 0 Å². The highest BCUT2D eigenvalue weighted by atomic mass is 35.5. The normalized spacial score (nSPS) is 10.8. The van der Waals surface area contributed by atoms with Crippen LogP contribution in [0.15, 0.2) is 60.2 Å². The maximum Gasteiger partial charge on any atom is 0.271 e. The molecule has 0 aliphatic rings. The first-order chi connectivity index (χ1) is 18.1. The van der Waals surface area contributed by atoms with Crippen LogP contribution in [0.4, 0.5) is 17.1 Å². The van der Waals surface area contributed by atoms with Gasteiger partial charge in [-0.3, -0.25) is 19.7 Å². The number of carbonyl (C=O) groups is 2. The highest BCUT2D eigenvalue weighted by molar-refractivity contribution is 6.32. The van der Waals surface area contributed by atoms with Crippen molar-refractivity contribution in [1.82, 2.24) is 0 Å². The Labute approximate surface area is 223 Å². The molecule has 2 N–H and O–H groups in total. The van der Waals surface area contributed by atoms with Crippen molar-refractivity contribution in [2.75, 3.05) is 24.4 Å². The number of benzene rings is 3. The molecule has 194 valence electrons. The quantitative estimate of drug-likeness (QED) is 0.161. The summed E-state index contributed by atoms with van der Waals surface area (Å²) in [5.41, 5.74) is 2.79. The molecule has 0 spiro atoms. The van der Waals surface area contributed by atoms with E-state index < -0.39 is 16.7 Å². The number of nitrogens with zero attached hydrogens (tertiary/aromatic N) is 2. The maximum absolute atomic E-state index is 12.6. The number of ether oxygens (including phenoxy) is 2. The van der Waals surface area contributed by atoms with Gasteiger partial charge < -0.3 is 20.1 Å². The molecule has 3 rings (SSSR count). The third kappa shape index (κ3) is 7.09. The zero-order valence-electron chi connectivity index (χ0n) is 20.7. The van der Waals surface area contributed by atoms with Gasteiger partial charge in [0.1, 0.15) is 11.6 Å². The molecule has 2 amide bonds. The Morgan fingerprint density at radius 3 is 2.47 bits per heavy atom. The van der Waals surface area contributed by atoms with E-state index in [0.717, 1.165) is 11.1 Å². The number of rotatable bonds is 9. The molecular formula is C27H23ClN4O6. The Morgan fingerprint density at radius 1 is 1.08 bits per heavy atom. The van der Waals surface area contributed by atoms with Gasteiger partial charge in [0.2, 0.25) is 0 Å². The first-order valence-corrected chi connectivity index (χ1v) is 11.5. The van der Waals surface area contributed by atoms with E-state index in [9.17, 15) is 25.0 Å². The van der Waals surface area contributed by atoms with Gasteiger partial charge in [-0.2, -0.15) is 5.26 Å². The number of non-ortho nitro benzene ring substituents is 1. The maximum atomic E-state index is 12.6. The van der Waals surface area contributed by atoms with E-state index in [4.69, 9.17) is 21.1 Å². The number of hydrogen-bond donors (Lipinski definition) is 2. The fourth-order valence-electron chi connectivity index (χ4n) is 3.33. The number of carbonyl (C=O) groups excluding carboxylic acids is 2. The predicted octanol–water partition coefficient (Wildman–Crippen LogP) is 5.44. The average Bonchev–Trinajstić information content (AvgIpc) is 2.88. The molecule has 0 radical (unpaired) electrons. The van der Waals surface area contributed by atoms with Crippen LogP contribution >= 0.6 is 11.6 Å². The van der Waals surface area contributed by atoms with E-state index in [1.807, 2.05) is 26.0 Å². The number of aryl methyl sites for hydroxylation is 2. The second-order valence-corrected chi connectivity index (χ2v) is 8.51. The first-order valence-electron chi connectivity index (χ1n) is 11.2. The second-order valence-electron chi connectivity index (χ2n) is 8.10. The standard InChI is InChI=1S/C27H23ClN4O6/c1-16-7-8-21(9-17(16)2)30-25(33)15-38-26-23(28)11-18(12-24(26)37-3)10-19(14-29)27(34)31-20-5-4-6-22(13-20)32(35)36/h4-13H,15H2,1-3H3,(H,30,33)(H,31,34)/b19-10-. The van der Waals surface area contributed by atoms with Crippen molar-refractivity contribution in [2.45, 2.75) is 13.8 Å². The van der Waals surface area contributed by atoms with Gasteiger partial charge in [0.05, 0.1) is 17.1 Å². The molecule has 10 nitrogen and oxygen atoms in total. The van der Waals surface area contributed by atoms with Crippen LogP contribution in [0.25, 0.3) is 6.08 Å². The summed E-state index contributed by atoms with van der Waals surface area (Å²) in [7, 11) is 1.38. The van der Waals surface area contributed by atoms with Crippen LogP contribution in [-0.2, 0) is 9.59 Å². The van der Waals surface area contributed by atoms with E-state index in [1.165, 1.54) is 49.6 Å². The fraction of sp³-hybridized carbons (Fsp3) is 0.148. The van der Waals surface area contributed by atoms with Crippen LogP contribution in [0.5, 0.6) is 11.5 Å². The van der Waals surface area contributed by atoms with E-state index in [0.29, 0.717) is 11.3 Å². The summed E-state index contributed by atoms with van der Waals surface area (Å²) in [6.45, 7) is 3.57. The second kappa shape index (κ2) is 12.4. The molecule has 0 aliphatic carbocycles. The summed E-state index contributed by atoms with van der Waals surface area (Å²) in [6, 6.07) is 15.6. The molecule has 0 saturated heterocycles. The van der Waals surface area contributed by atoms with Gasteiger partial charge >= 0.3 is 0 Å². The molecule has 0 aliphatic heterocycles. The minimum atomic E-state index is -0.772. The van der Waals surface area contributed by atoms with Crippen LogP contribution < -0.4 is 20.1 Å². The lowest BCUT2D eigenvalue weighted by Gasteiger charge is -2.14. The topological polar surface area (TPSA) is 144 Å². The largest absolute Gasteiger partial charge is 0.493 e. The van der Waals surface area contributed by atoms with Gasteiger partial charge in [0.25, 0.3) is 17.5 Å². The monoisotopic (exact) mass is 534 g/mol. The lowest BCUT2D eigenvalue weighted by Crippen LogP contribution is -2.20. The van der Waals surface area contributed by atoms with Crippen LogP contribution in [0.3, 0.4) is 0 Å². The smallest absolute Gasteiger partial charge is 0.271 e. The van der Waals surface area contributed by atoms with Gasteiger partial charge in [-0.25, -0.2) is 0 Å². The molecule has 3 aromatic rings. The average molecular weight is 535 g/mol. The lowest BCUT2D eigenvalue weighted by molar-refractivity contribution is -0.384. The molecule has 0 heterocycles. The zero-order valence-corrected chi connectivity index (χ0v) is 21.5. The summed E-state index contributed by atoms with van der Waals surface area (Å²) in [5.74, 6) is -0.883. The van der Waals surface area contributed by atoms with Crippen molar-refractivity contribution in [3.63, 3.8) is 0 Å². The van der Waals surface area contributed by atoms with E-state index in [2.05, 4.69) is 10.6 Å². The van der Waals surface area contributed by atoms with Gasteiger partial charge in [0.15, 0.2) is 18.1 Å². The fourth-order valence-corrected chi connectivity index (χ4v) is 3.60. The Hall–Kier alpha value is -4.88. The van der Waals surface area contributed by atoms with Crippen LogP contribution in [0.2, 0.25) is 5.02 Å². The number of anilines is 2. The highest BCUT2D eigenvalue weighted by Crippen LogP contribution is 2.37. The van der Waals surface area contributed by atoms with Crippen LogP contribution in [-0.4, -0.2) is 30.5 Å². The number of halogens is 1. The summed E-state index contributed by atoms with van der Waals surface area (Å²) in [4.78, 5) is 35.3. The van der Waals surface area contributed by atoms with Gasteiger partial charge in [0, 0.05) is 23.5 Å². The summed E-state index contributed by atoms with van der Waals surface area (Å²) in [5, 5.41) is 25.8. The van der Waals surface area contributed by atoms with Crippen molar-refractivity contribution < 1.29 is 24.0 Å². The number of nitro benzene ring substituents is 1. The predicted molar refractivity (Wildman–Crippen MR) is 143 cm³/mol. The third-order valence-electron chi connectivity index (χ3n) is 5.38. The first kappa shape index (κ1) is 27.7. The molecule has 0 unspecified atom stereocenters. The van der Waals surface area contributed by atoms with Crippen molar-refractivity contribution in [3.05, 3.63) is 92.0 Å². The number of nitro groups is 1. The van der Waals surface area contributed by atoms with Crippen molar-refractivity contribution >= 4 is 46.6 Å². The number of nitrogens with one attached hydrogen (secondary N) is 2. The molecule has 3 aromatic carbocycles. The van der Waals surface area contributed by atoms with Crippen molar-refractivity contribution in [1.29, 1.82) is 5.26 Å². The van der Waals surface area contributed by atoms with E-state index in [-0.39, 0.29) is 40.1 Å². The summed E-state index contributed by atoms with van der Waals surface area (Å²) in [6.07, 6.45) is 1.28. The Bertz CT molecular complexity index is 1480. The zero-order chi connectivity index (χ0) is 27.8. The summed E-state index contributed by atoms with van der Waals surface area (Å²) >= 11 is 6.36. The Morgan fingerprint density at radius 2 is 1.82 bits per heavy atom. The van der Waals surface area contributed by atoms with Gasteiger partial charge in [-0.05, 0) is 66.9 Å². The van der Waals surface area contributed by atoms with Crippen molar-refractivity contribution in [3.8, 4) is 17.6 Å².